The molecule has 3 unspecified atom stereocenters. The number of hydrogen-bond acceptors (Lipinski definition) is 1. The molecule has 1 aromatic rings. The van der Waals surface area contributed by atoms with Gasteiger partial charge in [0.25, 0.3) is 0 Å². The van der Waals surface area contributed by atoms with Crippen molar-refractivity contribution in [2.24, 2.45) is 17.8 Å². The van der Waals surface area contributed by atoms with Crippen molar-refractivity contribution in [2.75, 3.05) is 6.54 Å². The Morgan fingerprint density at radius 2 is 1.76 bits per heavy atom. The molecule has 0 spiro atoms. The highest BCUT2D eigenvalue weighted by atomic mass is 14.9. The monoisotopic (exact) mass is 285 g/mol. The molecule has 1 nitrogen and oxygen atoms in total. The Morgan fingerprint density at radius 3 is 2.38 bits per heavy atom. The first-order valence-electron chi connectivity index (χ1n) is 9.11. The van der Waals surface area contributed by atoms with Crippen LogP contribution in [0.1, 0.15) is 63.9 Å². The van der Waals surface area contributed by atoms with Crippen LogP contribution in [0.3, 0.4) is 0 Å². The third kappa shape index (κ3) is 3.51. The van der Waals surface area contributed by atoms with E-state index in [1.165, 1.54) is 38.5 Å². The van der Waals surface area contributed by atoms with E-state index < -0.39 is 0 Å². The highest BCUT2D eigenvalue weighted by Crippen LogP contribution is 2.52. The van der Waals surface area contributed by atoms with Crippen LogP contribution >= 0.6 is 0 Å². The molecule has 21 heavy (non-hydrogen) atoms. The van der Waals surface area contributed by atoms with Gasteiger partial charge in [0.05, 0.1) is 0 Å². The number of rotatable bonds is 6. The van der Waals surface area contributed by atoms with Crippen molar-refractivity contribution in [3.05, 3.63) is 35.9 Å². The predicted octanol–water partition coefficient (Wildman–Crippen LogP) is 4.98. The van der Waals surface area contributed by atoms with Crippen LogP contribution in [0.25, 0.3) is 0 Å². The molecule has 0 amide bonds. The second-order valence-electron chi connectivity index (χ2n) is 7.19. The largest absolute Gasteiger partial charge is 0.314 e. The lowest BCUT2D eigenvalue weighted by Crippen LogP contribution is -2.40. The molecule has 2 saturated carbocycles. The zero-order valence-corrected chi connectivity index (χ0v) is 13.7. The van der Waals surface area contributed by atoms with E-state index in [0.717, 1.165) is 36.3 Å². The molecule has 1 aromatic carbocycles. The van der Waals surface area contributed by atoms with Crippen LogP contribution in [-0.2, 0) is 0 Å². The summed E-state index contributed by atoms with van der Waals surface area (Å²) in [7, 11) is 0. The van der Waals surface area contributed by atoms with Gasteiger partial charge in [-0.25, -0.2) is 0 Å². The van der Waals surface area contributed by atoms with E-state index >= 15 is 0 Å². The second kappa shape index (κ2) is 6.96. The summed E-state index contributed by atoms with van der Waals surface area (Å²) in [5.41, 5.74) is 1.56. The molecule has 116 valence electrons. The van der Waals surface area contributed by atoms with Crippen LogP contribution < -0.4 is 5.32 Å². The van der Waals surface area contributed by atoms with Gasteiger partial charge in [-0.05, 0) is 55.0 Å². The number of benzene rings is 1. The standard InChI is InChI=1S/C20H31N/c1-3-15-10-12-17(13-11-15)20(21-4-2)19-14-18(19)16-8-6-5-7-9-16/h5-9,15,17-21H,3-4,10-14H2,1-2H3. The molecular weight excluding hydrogens is 254 g/mol. The van der Waals surface area contributed by atoms with Crippen molar-refractivity contribution in [1.82, 2.24) is 5.32 Å². The van der Waals surface area contributed by atoms with Gasteiger partial charge < -0.3 is 5.32 Å². The minimum Gasteiger partial charge on any atom is -0.314 e. The maximum absolute atomic E-state index is 3.85. The van der Waals surface area contributed by atoms with Gasteiger partial charge in [-0.3, -0.25) is 0 Å². The first-order valence-corrected chi connectivity index (χ1v) is 9.11. The second-order valence-corrected chi connectivity index (χ2v) is 7.19. The lowest BCUT2D eigenvalue weighted by atomic mass is 9.76. The van der Waals surface area contributed by atoms with E-state index in [1.54, 1.807) is 5.56 Å². The van der Waals surface area contributed by atoms with Gasteiger partial charge in [-0.1, -0.05) is 63.4 Å². The molecule has 0 saturated heterocycles. The van der Waals surface area contributed by atoms with E-state index in [2.05, 4.69) is 49.5 Å². The predicted molar refractivity (Wildman–Crippen MR) is 90.5 cm³/mol. The Kier molecular flexibility index (Phi) is 5.00. The molecule has 3 rings (SSSR count). The molecular formula is C20H31N. The summed E-state index contributed by atoms with van der Waals surface area (Å²) in [6, 6.07) is 11.9. The van der Waals surface area contributed by atoms with Crippen molar-refractivity contribution in [2.45, 2.75) is 64.3 Å². The maximum atomic E-state index is 3.85. The number of nitrogens with one attached hydrogen (secondary N) is 1. The summed E-state index contributed by atoms with van der Waals surface area (Å²) < 4.78 is 0. The molecule has 1 heteroatoms. The average Bonchev–Trinajstić information content (AvgIpc) is 3.34. The number of hydrogen-bond donors (Lipinski definition) is 1. The van der Waals surface area contributed by atoms with E-state index in [9.17, 15) is 0 Å². The van der Waals surface area contributed by atoms with Crippen LogP contribution in [0.15, 0.2) is 30.3 Å². The van der Waals surface area contributed by atoms with Gasteiger partial charge in [0.15, 0.2) is 0 Å². The van der Waals surface area contributed by atoms with E-state index in [1.807, 2.05) is 0 Å². The first kappa shape index (κ1) is 15.1. The molecule has 2 aliphatic rings. The third-order valence-electron chi connectivity index (χ3n) is 5.95. The average molecular weight is 285 g/mol. The maximum Gasteiger partial charge on any atom is 0.0129 e. The molecule has 1 N–H and O–H groups in total. The SMILES string of the molecule is CCNC(C1CCC(CC)CC1)C1CC1c1ccccc1. The Balaban J connectivity index is 1.61. The first-order chi connectivity index (χ1) is 10.3. The van der Waals surface area contributed by atoms with Gasteiger partial charge in [-0.2, -0.15) is 0 Å². The van der Waals surface area contributed by atoms with Crippen molar-refractivity contribution >= 4 is 0 Å². The van der Waals surface area contributed by atoms with E-state index in [-0.39, 0.29) is 0 Å². The smallest absolute Gasteiger partial charge is 0.0129 e. The van der Waals surface area contributed by atoms with Gasteiger partial charge in [0.2, 0.25) is 0 Å². The highest BCUT2D eigenvalue weighted by Gasteiger charge is 2.46. The minimum absolute atomic E-state index is 0.762. The highest BCUT2D eigenvalue weighted by molar-refractivity contribution is 5.27. The fourth-order valence-electron chi connectivity index (χ4n) is 4.55. The fraction of sp³-hybridized carbons (Fsp3) is 0.700. The van der Waals surface area contributed by atoms with Gasteiger partial charge in [0.1, 0.15) is 0 Å². The van der Waals surface area contributed by atoms with Crippen LogP contribution in [0.4, 0.5) is 0 Å². The van der Waals surface area contributed by atoms with Crippen molar-refractivity contribution in [1.29, 1.82) is 0 Å². The molecule has 2 fully saturated rings. The van der Waals surface area contributed by atoms with Gasteiger partial charge in [0, 0.05) is 6.04 Å². The molecule has 3 atom stereocenters. The summed E-state index contributed by atoms with van der Waals surface area (Å²) in [5, 5.41) is 3.85. The van der Waals surface area contributed by atoms with Crippen molar-refractivity contribution < 1.29 is 0 Å². The summed E-state index contributed by atoms with van der Waals surface area (Å²) in [5.74, 6) is 3.63. The fourth-order valence-corrected chi connectivity index (χ4v) is 4.55. The summed E-state index contributed by atoms with van der Waals surface area (Å²) >= 11 is 0. The zero-order valence-electron chi connectivity index (χ0n) is 13.7. The van der Waals surface area contributed by atoms with Crippen LogP contribution in [0, 0.1) is 17.8 Å². The summed E-state index contributed by atoms with van der Waals surface area (Å²) in [6.45, 7) is 5.75. The van der Waals surface area contributed by atoms with Crippen LogP contribution in [0.5, 0.6) is 0 Å². The Hall–Kier alpha value is -0.820. The van der Waals surface area contributed by atoms with Crippen LogP contribution in [-0.4, -0.2) is 12.6 Å². The lowest BCUT2D eigenvalue weighted by Gasteiger charge is -2.34. The molecule has 0 radical (unpaired) electrons. The molecule has 0 aliphatic heterocycles. The summed E-state index contributed by atoms with van der Waals surface area (Å²) in [6.07, 6.45) is 8.62. The van der Waals surface area contributed by atoms with Gasteiger partial charge >= 0.3 is 0 Å². The van der Waals surface area contributed by atoms with E-state index in [0.29, 0.717) is 0 Å². The molecule has 2 aliphatic carbocycles. The Labute approximate surface area is 130 Å². The minimum atomic E-state index is 0.762. The topological polar surface area (TPSA) is 12.0 Å². The summed E-state index contributed by atoms with van der Waals surface area (Å²) in [4.78, 5) is 0. The zero-order chi connectivity index (χ0) is 14.7. The van der Waals surface area contributed by atoms with Crippen molar-refractivity contribution in [3.8, 4) is 0 Å². The quantitative estimate of drug-likeness (QED) is 0.777. The Bertz CT molecular complexity index is 419. The van der Waals surface area contributed by atoms with Gasteiger partial charge in [-0.15, -0.1) is 0 Å². The normalized spacial score (nSPS) is 33.6. The molecule has 0 bridgehead atoms. The van der Waals surface area contributed by atoms with Crippen LogP contribution in [0.2, 0.25) is 0 Å². The Morgan fingerprint density at radius 1 is 1.05 bits per heavy atom. The lowest BCUT2D eigenvalue weighted by molar-refractivity contribution is 0.204. The van der Waals surface area contributed by atoms with Crippen molar-refractivity contribution in [3.63, 3.8) is 0 Å². The van der Waals surface area contributed by atoms with E-state index in [4.69, 9.17) is 0 Å². The molecule has 0 heterocycles. The third-order valence-corrected chi connectivity index (χ3v) is 5.95. The molecule has 0 aromatic heterocycles.